The van der Waals surface area contributed by atoms with Gasteiger partial charge < -0.3 is 20.5 Å². The molecule has 20 heavy (non-hydrogen) atoms. The van der Waals surface area contributed by atoms with E-state index in [4.69, 9.17) is 26.8 Å². The van der Waals surface area contributed by atoms with Crippen LogP contribution in [0, 0.1) is 0 Å². The average molecular weight is 301 g/mol. The number of nitrogens with two attached hydrogens (primary N) is 1. The van der Waals surface area contributed by atoms with Gasteiger partial charge in [0, 0.05) is 6.07 Å². The number of methoxy groups -OCH3 is 2. The summed E-state index contributed by atoms with van der Waals surface area (Å²) in [5.74, 6) is 0.663. The lowest BCUT2D eigenvalue weighted by atomic mass is 9.96. The molecule has 0 bridgehead atoms. The van der Waals surface area contributed by atoms with Crippen LogP contribution in [-0.4, -0.2) is 25.7 Å². The van der Waals surface area contributed by atoms with Gasteiger partial charge in [0.2, 0.25) is 5.91 Å². The van der Waals surface area contributed by atoms with Gasteiger partial charge in [-0.25, -0.2) is 0 Å². The maximum atomic E-state index is 12.2. The molecule has 1 amide bonds. The number of amides is 1. The molecule has 1 rings (SSSR count). The lowest BCUT2D eigenvalue weighted by Gasteiger charge is -2.23. The molecule has 0 heterocycles. The molecule has 0 radical (unpaired) electrons. The maximum absolute atomic E-state index is 12.2. The van der Waals surface area contributed by atoms with E-state index >= 15 is 0 Å². The summed E-state index contributed by atoms with van der Waals surface area (Å²) in [4.78, 5) is 12.2. The summed E-state index contributed by atoms with van der Waals surface area (Å²) in [6.45, 7) is 3.67. The number of benzene rings is 1. The van der Waals surface area contributed by atoms with E-state index in [1.54, 1.807) is 19.1 Å². The zero-order valence-corrected chi connectivity index (χ0v) is 13.0. The Morgan fingerprint density at radius 1 is 1.35 bits per heavy atom. The van der Waals surface area contributed by atoms with E-state index < -0.39 is 5.54 Å². The second kappa shape index (κ2) is 6.81. The SMILES string of the molecule is CCCC(C)(N)C(=O)Nc1cc(Cl)c(OC)cc1OC. The molecule has 0 aliphatic carbocycles. The first-order valence-corrected chi connectivity index (χ1v) is 6.75. The number of rotatable bonds is 6. The van der Waals surface area contributed by atoms with Crippen LogP contribution in [0.4, 0.5) is 5.69 Å². The van der Waals surface area contributed by atoms with Crippen molar-refractivity contribution in [2.75, 3.05) is 19.5 Å². The first-order valence-electron chi connectivity index (χ1n) is 6.37. The number of anilines is 1. The zero-order valence-electron chi connectivity index (χ0n) is 12.2. The van der Waals surface area contributed by atoms with Crippen molar-refractivity contribution < 1.29 is 14.3 Å². The minimum absolute atomic E-state index is 0.279. The van der Waals surface area contributed by atoms with Gasteiger partial charge in [-0.3, -0.25) is 4.79 Å². The smallest absolute Gasteiger partial charge is 0.244 e. The summed E-state index contributed by atoms with van der Waals surface area (Å²) in [5.41, 5.74) is 5.52. The average Bonchev–Trinajstić information content (AvgIpc) is 2.39. The molecule has 1 aromatic rings. The first kappa shape index (κ1) is 16.6. The van der Waals surface area contributed by atoms with Gasteiger partial charge in [0.15, 0.2) is 0 Å². The monoisotopic (exact) mass is 300 g/mol. The molecule has 3 N–H and O–H groups in total. The Morgan fingerprint density at radius 2 is 1.95 bits per heavy atom. The van der Waals surface area contributed by atoms with Crippen molar-refractivity contribution >= 4 is 23.2 Å². The normalized spacial score (nSPS) is 13.5. The van der Waals surface area contributed by atoms with Crippen LogP contribution in [0.5, 0.6) is 11.5 Å². The quantitative estimate of drug-likeness (QED) is 0.847. The van der Waals surface area contributed by atoms with Crippen molar-refractivity contribution in [2.45, 2.75) is 32.2 Å². The van der Waals surface area contributed by atoms with Crippen molar-refractivity contribution in [3.8, 4) is 11.5 Å². The number of halogens is 1. The minimum Gasteiger partial charge on any atom is -0.495 e. The van der Waals surface area contributed by atoms with E-state index in [0.717, 1.165) is 6.42 Å². The predicted octanol–water partition coefficient (Wildman–Crippen LogP) is 2.81. The summed E-state index contributed by atoms with van der Waals surface area (Å²) in [7, 11) is 3.02. The topological polar surface area (TPSA) is 73.6 Å². The Balaban J connectivity index is 3.03. The van der Waals surface area contributed by atoms with E-state index in [2.05, 4.69) is 5.32 Å². The number of carbonyl (C=O) groups excluding carboxylic acids is 1. The fourth-order valence-corrected chi connectivity index (χ4v) is 2.10. The van der Waals surface area contributed by atoms with Crippen molar-refractivity contribution in [3.05, 3.63) is 17.2 Å². The largest absolute Gasteiger partial charge is 0.495 e. The van der Waals surface area contributed by atoms with E-state index in [-0.39, 0.29) is 5.91 Å². The van der Waals surface area contributed by atoms with Gasteiger partial charge >= 0.3 is 0 Å². The minimum atomic E-state index is -0.938. The van der Waals surface area contributed by atoms with Crippen LogP contribution in [0.3, 0.4) is 0 Å². The molecule has 112 valence electrons. The third-order valence-electron chi connectivity index (χ3n) is 3.01. The predicted molar refractivity (Wildman–Crippen MR) is 80.7 cm³/mol. The summed E-state index contributed by atoms with van der Waals surface area (Å²) >= 11 is 6.05. The summed E-state index contributed by atoms with van der Waals surface area (Å²) in [6.07, 6.45) is 1.41. The molecule has 0 fully saturated rings. The number of hydrogen-bond acceptors (Lipinski definition) is 4. The molecule has 5 nitrogen and oxygen atoms in total. The van der Waals surface area contributed by atoms with Crippen LogP contribution in [0.2, 0.25) is 5.02 Å². The molecule has 0 spiro atoms. The van der Waals surface area contributed by atoms with E-state index in [9.17, 15) is 4.79 Å². The van der Waals surface area contributed by atoms with Crippen LogP contribution in [-0.2, 0) is 4.79 Å². The van der Waals surface area contributed by atoms with Crippen molar-refractivity contribution in [3.63, 3.8) is 0 Å². The van der Waals surface area contributed by atoms with Gasteiger partial charge in [0.05, 0.1) is 30.5 Å². The van der Waals surface area contributed by atoms with Crippen LogP contribution < -0.4 is 20.5 Å². The fraction of sp³-hybridized carbons (Fsp3) is 0.500. The summed E-state index contributed by atoms with van der Waals surface area (Å²) in [5, 5.41) is 3.14. The molecule has 0 saturated carbocycles. The van der Waals surface area contributed by atoms with E-state index in [1.165, 1.54) is 14.2 Å². The van der Waals surface area contributed by atoms with Gasteiger partial charge in [0.1, 0.15) is 11.5 Å². The molecular formula is C14H21ClN2O3. The molecule has 0 aliphatic heterocycles. The summed E-state index contributed by atoms with van der Waals surface area (Å²) in [6, 6.07) is 3.20. The molecule has 0 aliphatic rings. The highest BCUT2D eigenvalue weighted by Gasteiger charge is 2.28. The molecule has 6 heteroatoms. The highest BCUT2D eigenvalue weighted by atomic mass is 35.5. The fourth-order valence-electron chi connectivity index (χ4n) is 1.86. The second-order valence-electron chi connectivity index (χ2n) is 4.81. The number of nitrogens with one attached hydrogen (secondary N) is 1. The van der Waals surface area contributed by atoms with Crippen LogP contribution in [0.1, 0.15) is 26.7 Å². The molecule has 0 saturated heterocycles. The standard InChI is InChI=1S/C14H21ClN2O3/c1-5-6-14(2,16)13(18)17-10-7-9(15)11(19-3)8-12(10)20-4/h7-8H,5-6,16H2,1-4H3,(H,17,18). The van der Waals surface area contributed by atoms with Crippen LogP contribution in [0.15, 0.2) is 12.1 Å². The Hall–Kier alpha value is -1.46. The van der Waals surface area contributed by atoms with Gasteiger partial charge in [-0.1, -0.05) is 24.9 Å². The number of carbonyl (C=O) groups is 1. The van der Waals surface area contributed by atoms with Crippen molar-refractivity contribution in [1.82, 2.24) is 0 Å². The maximum Gasteiger partial charge on any atom is 0.244 e. The molecule has 1 atom stereocenters. The van der Waals surface area contributed by atoms with Crippen molar-refractivity contribution in [1.29, 1.82) is 0 Å². The zero-order chi connectivity index (χ0) is 15.3. The number of ether oxygens (including phenoxy) is 2. The van der Waals surface area contributed by atoms with Gasteiger partial charge in [0.25, 0.3) is 0 Å². The highest BCUT2D eigenvalue weighted by molar-refractivity contribution is 6.32. The lowest BCUT2D eigenvalue weighted by molar-refractivity contribution is -0.120. The van der Waals surface area contributed by atoms with Gasteiger partial charge in [-0.2, -0.15) is 0 Å². The first-order chi connectivity index (χ1) is 9.35. The number of hydrogen-bond donors (Lipinski definition) is 2. The molecule has 1 aromatic carbocycles. The Kier molecular flexibility index (Phi) is 5.65. The van der Waals surface area contributed by atoms with Gasteiger partial charge in [-0.05, 0) is 19.4 Å². The van der Waals surface area contributed by atoms with E-state index in [1.807, 2.05) is 6.92 Å². The summed E-state index contributed by atoms with van der Waals surface area (Å²) < 4.78 is 10.3. The van der Waals surface area contributed by atoms with Gasteiger partial charge in [-0.15, -0.1) is 0 Å². The van der Waals surface area contributed by atoms with Crippen LogP contribution in [0.25, 0.3) is 0 Å². The molecule has 1 unspecified atom stereocenters. The van der Waals surface area contributed by atoms with Crippen molar-refractivity contribution in [2.24, 2.45) is 5.73 Å². The molecular weight excluding hydrogens is 280 g/mol. The third-order valence-corrected chi connectivity index (χ3v) is 3.31. The molecule has 0 aromatic heterocycles. The second-order valence-corrected chi connectivity index (χ2v) is 5.22. The van der Waals surface area contributed by atoms with E-state index in [0.29, 0.717) is 28.6 Å². The lowest BCUT2D eigenvalue weighted by Crippen LogP contribution is -2.48. The Morgan fingerprint density at radius 3 is 2.45 bits per heavy atom. The Labute approximate surface area is 124 Å². The highest BCUT2D eigenvalue weighted by Crippen LogP contribution is 2.36. The Bertz CT molecular complexity index is 490. The van der Waals surface area contributed by atoms with Crippen LogP contribution >= 0.6 is 11.6 Å². The third kappa shape index (κ3) is 3.77.